The minimum absolute atomic E-state index is 0.103. The Morgan fingerprint density at radius 1 is 0.889 bits per heavy atom. The van der Waals surface area contributed by atoms with Gasteiger partial charge < -0.3 is 5.11 Å². The van der Waals surface area contributed by atoms with Crippen molar-refractivity contribution in [2.75, 3.05) is 0 Å². The lowest BCUT2D eigenvalue weighted by molar-refractivity contribution is 0.476. The number of nitrogens with zero attached hydrogens (tertiary/aromatic N) is 4. The standard InChI is InChI=1S/C22H20N4O/c1-14-7-10-19(27)18(12-14)24-25-22-21(17-9-8-15(2)16(3)13-17)23-20-6-4-5-11-26(20)22/h4-13,27H,1-3H3. The molecule has 0 fully saturated rings. The number of imidazole rings is 1. The van der Waals surface area contributed by atoms with E-state index in [9.17, 15) is 5.11 Å². The van der Waals surface area contributed by atoms with E-state index < -0.39 is 0 Å². The van der Waals surface area contributed by atoms with Gasteiger partial charge in [0.1, 0.15) is 22.8 Å². The van der Waals surface area contributed by atoms with Gasteiger partial charge in [0.25, 0.3) is 0 Å². The van der Waals surface area contributed by atoms with E-state index in [-0.39, 0.29) is 5.75 Å². The minimum atomic E-state index is 0.103. The third kappa shape index (κ3) is 3.19. The predicted octanol–water partition coefficient (Wildman–Crippen LogP) is 6.05. The average molecular weight is 356 g/mol. The summed E-state index contributed by atoms with van der Waals surface area (Å²) in [6, 6.07) is 17.3. The number of phenolic OH excluding ortho intramolecular Hbond substituents is 1. The maximum atomic E-state index is 10.1. The zero-order valence-electron chi connectivity index (χ0n) is 15.5. The lowest BCUT2D eigenvalue weighted by atomic mass is 10.0. The molecule has 5 nitrogen and oxygen atoms in total. The van der Waals surface area contributed by atoms with Crippen LogP contribution in [0.15, 0.2) is 71.0 Å². The Morgan fingerprint density at radius 2 is 1.74 bits per heavy atom. The molecule has 4 rings (SSSR count). The number of azo groups is 1. The zero-order valence-corrected chi connectivity index (χ0v) is 15.5. The van der Waals surface area contributed by atoms with E-state index in [1.54, 1.807) is 12.1 Å². The molecule has 0 saturated heterocycles. The van der Waals surface area contributed by atoms with Gasteiger partial charge in [0.15, 0.2) is 5.82 Å². The smallest absolute Gasteiger partial charge is 0.187 e. The Bertz CT molecular complexity index is 1170. The summed E-state index contributed by atoms with van der Waals surface area (Å²) in [4.78, 5) is 4.75. The van der Waals surface area contributed by atoms with E-state index in [1.807, 2.05) is 47.9 Å². The first-order valence-electron chi connectivity index (χ1n) is 8.79. The van der Waals surface area contributed by atoms with Gasteiger partial charge in [0, 0.05) is 11.8 Å². The molecule has 0 bridgehead atoms. The molecule has 0 aliphatic rings. The third-order valence-corrected chi connectivity index (χ3v) is 4.67. The van der Waals surface area contributed by atoms with Gasteiger partial charge in [-0.1, -0.05) is 24.3 Å². The Kier molecular flexibility index (Phi) is 4.20. The van der Waals surface area contributed by atoms with Crippen LogP contribution in [0.2, 0.25) is 0 Å². The van der Waals surface area contributed by atoms with Crippen LogP contribution in [0.4, 0.5) is 11.5 Å². The first-order valence-corrected chi connectivity index (χ1v) is 8.79. The fourth-order valence-electron chi connectivity index (χ4n) is 2.98. The summed E-state index contributed by atoms with van der Waals surface area (Å²) < 4.78 is 1.90. The van der Waals surface area contributed by atoms with Crippen LogP contribution in [0.5, 0.6) is 5.75 Å². The number of pyridine rings is 1. The molecule has 27 heavy (non-hydrogen) atoms. The lowest BCUT2D eigenvalue weighted by Gasteiger charge is -2.04. The van der Waals surface area contributed by atoms with E-state index in [1.165, 1.54) is 11.1 Å². The summed E-state index contributed by atoms with van der Waals surface area (Å²) in [5, 5.41) is 18.8. The number of phenols is 1. The number of hydrogen-bond acceptors (Lipinski definition) is 4. The second kappa shape index (κ2) is 6.68. The minimum Gasteiger partial charge on any atom is -0.506 e. The van der Waals surface area contributed by atoms with Gasteiger partial charge >= 0.3 is 0 Å². The van der Waals surface area contributed by atoms with Crippen molar-refractivity contribution in [1.29, 1.82) is 0 Å². The highest BCUT2D eigenvalue weighted by atomic mass is 16.3. The normalized spacial score (nSPS) is 11.5. The number of aryl methyl sites for hydroxylation is 3. The van der Waals surface area contributed by atoms with E-state index in [4.69, 9.17) is 4.98 Å². The zero-order chi connectivity index (χ0) is 19.0. The van der Waals surface area contributed by atoms with Gasteiger partial charge in [-0.2, -0.15) is 0 Å². The van der Waals surface area contributed by atoms with Crippen LogP contribution in [0.25, 0.3) is 16.9 Å². The molecule has 0 amide bonds. The van der Waals surface area contributed by atoms with Crippen molar-refractivity contribution in [1.82, 2.24) is 9.38 Å². The predicted molar refractivity (Wildman–Crippen MR) is 107 cm³/mol. The molecule has 2 aromatic carbocycles. The molecular formula is C22H20N4O. The molecule has 4 aromatic rings. The van der Waals surface area contributed by atoms with Crippen molar-refractivity contribution in [2.45, 2.75) is 20.8 Å². The maximum Gasteiger partial charge on any atom is 0.187 e. The molecule has 0 radical (unpaired) electrons. The number of rotatable bonds is 3. The van der Waals surface area contributed by atoms with Gasteiger partial charge in [-0.05, 0) is 67.8 Å². The van der Waals surface area contributed by atoms with Crippen LogP contribution in [0.1, 0.15) is 16.7 Å². The van der Waals surface area contributed by atoms with Gasteiger partial charge in [-0.3, -0.25) is 4.40 Å². The number of fused-ring (bicyclic) bond motifs is 1. The van der Waals surface area contributed by atoms with Crippen LogP contribution in [-0.4, -0.2) is 14.5 Å². The number of benzene rings is 2. The van der Waals surface area contributed by atoms with Gasteiger partial charge in [-0.25, -0.2) is 4.98 Å². The summed E-state index contributed by atoms with van der Waals surface area (Å²) in [6.45, 7) is 6.12. The average Bonchev–Trinajstić information content (AvgIpc) is 3.03. The highest BCUT2D eigenvalue weighted by Crippen LogP contribution is 2.34. The van der Waals surface area contributed by atoms with Crippen molar-refractivity contribution in [2.24, 2.45) is 10.2 Å². The Hall–Kier alpha value is -3.47. The molecule has 0 atom stereocenters. The molecule has 0 aliphatic carbocycles. The van der Waals surface area contributed by atoms with Gasteiger partial charge in [-0.15, -0.1) is 10.2 Å². The summed E-state index contributed by atoms with van der Waals surface area (Å²) in [6.07, 6.45) is 1.91. The van der Waals surface area contributed by atoms with E-state index in [2.05, 4.69) is 36.2 Å². The molecule has 5 heteroatoms. The van der Waals surface area contributed by atoms with Crippen molar-refractivity contribution in [3.05, 3.63) is 77.5 Å². The quantitative estimate of drug-likeness (QED) is 0.454. The van der Waals surface area contributed by atoms with Crippen LogP contribution in [0, 0.1) is 20.8 Å². The molecule has 0 aliphatic heterocycles. The molecule has 1 N–H and O–H groups in total. The van der Waals surface area contributed by atoms with Gasteiger partial charge in [0.05, 0.1) is 0 Å². The van der Waals surface area contributed by atoms with E-state index in [0.717, 1.165) is 22.5 Å². The van der Waals surface area contributed by atoms with Crippen LogP contribution in [-0.2, 0) is 0 Å². The first-order chi connectivity index (χ1) is 13.0. The van der Waals surface area contributed by atoms with Crippen molar-refractivity contribution in [3.63, 3.8) is 0 Å². The summed E-state index contributed by atoms with van der Waals surface area (Å²) >= 11 is 0. The topological polar surface area (TPSA) is 62.2 Å². The molecule has 134 valence electrons. The fourth-order valence-corrected chi connectivity index (χ4v) is 2.98. The van der Waals surface area contributed by atoms with Gasteiger partial charge in [0.2, 0.25) is 0 Å². The second-order valence-electron chi connectivity index (χ2n) is 6.70. The van der Waals surface area contributed by atoms with Crippen molar-refractivity contribution in [3.8, 4) is 17.0 Å². The highest BCUT2D eigenvalue weighted by Gasteiger charge is 2.14. The number of hydrogen-bond donors (Lipinski definition) is 1. The Morgan fingerprint density at radius 3 is 2.56 bits per heavy atom. The van der Waals surface area contributed by atoms with Crippen molar-refractivity contribution >= 4 is 17.2 Å². The van der Waals surface area contributed by atoms with E-state index in [0.29, 0.717) is 11.5 Å². The number of aromatic hydroxyl groups is 1. The highest BCUT2D eigenvalue weighted by molar-refractivity contribution is 5.75. The molecule has 2 aromatic heterocycles. The maximum absolute atomic E-state index is 10.1. The fraction of sp³-hybridized carbons (Fsp3) is 0.136. The molecule has 0 unspecified atom stereocenters. The van der Waals surface area contributed by atoms with Crippen molar-refractivity contribution < 1.29 is 5.11 Å². The van der Waals surface area contributed by atoms with Crippen LogP contribution in [0.3, 0.4) is 0 Å². The molecular weight excluding hydrogens is 336 g/mol. The second-order valence-corrected chi connectivity index (χ2v) is 6.70. The number of aromatic nitrogens is 2. The SMILES string of the molecule is Cc1ccc(O)c(N=Nc2c(-c3ccc(C)c(C)c3)nc3ccccn23)c1. The largest absolute Gasteiger partial charge is 0.506 e. The Balaban J connectivity index is 1.89. The first kappa shape index (κ1) is 17.0. The van der Waals surface area contributed by atoms with Crippen LogP contribution < -0.4 is 0 Å². The lowest BCUT2D eigenvalue weighted by Crippen LogP contribution is -1.84. The molecule has 2 heterocycles. The Labute approximate surface area is 157 Å². The summed E-state index contributed by atoms with van der Waals surface area (Å²) in [5.41, 5.74) is 6.43. The monoisotopic (exact) mass is 356 g/mol. The summed E-state index contributed by atoms with van der Waals surface area (Å²) in [7, 11) is 0. The molecule has 0 spiro atoms. The summed E-state index contributed by atoms with van der Waals surface area (Å²) in [5.74, 6) is 0.737. The molecule has 0 saturated carbocycles. The van der Waals surface area contributed by atoms with E-state index >= 15 is 0 Å². The third-order valence-electron chi connectivity index (χ3n) is 4.67. The van der Waals surface area contributed by atoms with Crippen LogP contribution >= 0.6 is 0 Å².